The molecule has 1 unspecified atom stereocenters. The average molecular weight is 315 g/mol. The van der Waals surface area contributed by atoms with Gasteiger partial charge in [-0.05, 0) is 24.1 Å². The van der Waals surface area contributed by atoms with Crippen molar-refractivity contribution in [3.05, 3.63) is 56.5 Å². The van der Waals surface area contributed by atoms with E-state index in [0.29, 0.717) is 12.1 Å². The third-order valence-corrected chi connectivity index (χ3v) is 3.81. The van der Waals surface area contributed by atoms with E-state index in [1.807, 2.05) is 6.92 Å². The number of aromatic nitrogens is 3. The summed E-state index contributed by atoms with van der Waals surface area (Å²) in [4.78, 5) is 42.7. The van der Waals surface area contributed by atoms with Crippen molar-refractivity contribution < 1.29 is 4.79 Å². The Morgan fingerprint density at radius 3 is 2.65 bits per heavy atom. The Hall–Kier alpha value is -2.90. The van der Waals surface area contributed by atoms with Crippen molar-refractivity contribution in [2.45, 2.75) is 32.4 Å². The fourth-order valence-corrected chi connectivity index (χ4v) is 2.67. The zero-order chi connectivity index (χ0) is 16.4. The maximum Gasteiger partial charge on any atom is 0.329 e. The summed E-state index contributed by atoms with van der Waals surface area (Å²) < 4.78 is 1.41. The van der Waals surface area contributed by atoms with Crippen LogP contribution in [0, 0.1) is 0 Å². The number of urea groups is 1. The van der Waals surface area contributed by atoms with Gasteiger partial charge in [0, 0.05) is 18.9 Å². The Bertz CT molecular complexity index is 840. The molecule has 3 heterocycles. The highest BCUT2D eigenvalue weighted by Gasteiger charge is 2.31. The van der Waals surface area contributed by atoms with Gasteiger partial charge in [-0.1, -0.05) is 13.3 Å². The minimum absolute atomic E-state index is 0.262. The van der Waals surface area contributed by atoms with Crippen molar-refractivity contribution in [3.63, 3.8) is 0 Å². The molecule has 0 spiro atoms. The van der Waals surface area contributed by atoms with Crippen molar-refractivity contribution in [1.82, 2.24) is 19.9 Å². The first kappa shape index (κ1) is 15.0. The normalized spacial score (nSPS) is 16.4. The number of aromatic amines is 1. The number of hydrogen-bond acceptors (Lipinski definition) is 4. The molecule has 1 atom stereocenters. The van der Waals surface area contributed by atoms with Gasteiger partial charge in [0.05, 0.1) is 11.6 Å². The topological polar surface area (TPSA) is 109 Å². The van der Waals surface area contributed by atoms with E-state index in [4.69, 9.17) is 0 Å². The van der Waals surface area contributed by atoms with E-state index in [1.54, 1.807) is 24.5 Å². The van der Waals surface area contributed by atoms with Crippen molar-refractivity contribution >= 4 is 11.8 Å². The number of pyridine rings is 1. The lowest BCUT2D eigenvalue weighted by Gasteiger charge is -2.28. The first-order chi connectivity index (χ1) is 11.1. The molecule has 2 aromatic heterocycles. The molecular formula is C15H17N5O3. The smallest absolute Gasteiger partial charge is 0.327 e. The Morgan fingerprint density at radius 2 is 1.96 bits per heavy atom. The molecule has 2 amide bonds. The molecule has 3 N–H and O–H groups in total. The van der Waals surface area contributed by atoms with E-state index < -0.39 is 23.3 Å². The second kappa shape index (κ2) is 6.07. The third-order valence-electron chi connectivity index (χ3n) is 3.81. The first-order valence-corrected chi connectivity index (χ1v) is 7.46. The van der Waals surface area contributed by atoms with Gasteiger partial charge < -0.3 is 5.32 Å². The van der Waals surface area contributed by atoms with Gasteiger partial charge in [0.15, 0.2) is 0 Å². The van der Waals surface area contributed by atoms with Gasteiger partial charge in [0.1, 0.15) is 5.82 Å². The second-order valence-corrected chi connectivity index (χ2v) is 5.34. The molecule has 0 aliphatic carbocycles. The highest BCUT2D eigenvalue weighted by molar-refractivity contribution is 5.92. The highest BCUT2D eigenvalue weighted by Crippen LogP contribution is 2.27. The lowest BCUT2D eigenvalue weighted by molar-refractivity contribution is 0.248. The number of carbonyl (C=O) groups is 1. The van der Waals surface area contributed by atoms with Crippen LogP contribution in [0.15, 0.2) is 34.1 Å². The summed E-state index contributed by atoms with van der Waals surface area (Å²) >= 11 is 0. The van der Waals surface area contributed by atoms with Crippen LogP contribution in [-0.2, 0) is 6.54 Å². The Morgan fingerprint density at radius 1 is 1.22 bits per heavy atom. The third kappa shape index (κ3) is 2.75. The predicted molar refractivity (Wildman–Crippen MR) is 84.5 cm³/mol. The first-order valence-electron chi connectivity index (χ1n) is 7.46. The molecule has 0 saturated carbocycles. The van der Waals surface area contributed by atoms with Gasteiger partial charge >= 0.3 is 11.7 Å². The summed E-state index contributed by atoms with van der Waals surface area (Å²) in [7, 11) is 0. The van der Waals surface area contributed by atoms with Gasteiger partial charge in [0.2, 0.25) is 0 Å². The molecule has 0 fully saturated rings. The van der Waals surface area contributed by atoms with Crippen LogP contribution in [0.5, 0.6) is 0 Å². The van der Waals surface area contributed by atoms with Gasteiger partial charge in [-0.3, -0.25) is 24.6 Å². The Kier molecular flexibility index (Phi) is 3.96. The number of rotatable bonds is 4. The number of carbonyl (C=O) groups excluding carboxylic acids is 1. The number of unbranched alkanes of at least 4 members (excludes halogenated alkanes) is 1. The largest absolute Gasteiger partial charge is 0.329 e. The zero-order valence-corrected chi connectivity index (χ0v) is 12.6. The number of hydrogen-bond donors (Lipinski definition) is 3. The maximum absolute atomic E-state index is 12.3. The van der Waals surface area contributed by atoms with Crippen molar-refractivity contribution in [2.24, 2.45) is 0 Å². The number of anilines is 1. The Balaban J connectivity index is 2.20. The van der Waals surface area contributed by atoms with Gasteiger partial charge in [0.25, 0.3) is 5.56 Å². The number of nitrogens with one attached hydrogen (secondary N) is 3. The molecule has 0 radical (unpaired) electrons. The van der Waals surface area contributed by atoms with E-state index in [2.05, 4.69) is 20.6 Å². The van der Waals surface area contributed by atoms with Gasteiger partial charge in [-0.2, -0.15) is 0 Å². The molecule has 0 bridgehead atoms. The van der Waals surface area contributed by atoms with Crippen LogP contribution in [0.3, 0.4) is 0 Å². The Labute approximate surface area is 131 Å². The quantitative estimate of drug-likeness (QED) is 0.780. The summed E-state index contributed by atoms with van der Waals surface area (Å²) in [6.07, 6.45) is 4.83. The van der Waals surface area contributed by atoms with Crippen LogP contribution >= 0.6 is 0 Å². The van der Waals surface area contributed by atoms with Gasteiger partial charge in [-0.25, -0.2) is 9.59 Å². The number of nitrogens with zero attached hydrogens (tertiary/aromatic N) is 2. The van der Waals surface area contributed by atoms with Gasteiger partial charge in [-0.15, -0.1) is 0 Å². The minimum Gasteiger partial charge on any atom is -0.327 e. The van der Waals surface area contributed by atoms with E-state index in [1.165, 1.54) is 4.57 Å². The molecule has 1 aliphatic heterocycles. The number of fused-ring (bicyclic) bond motifs is 1. The minimum atomic E-state index is -0.626. The molecule has 8 heteroatoms. The lowest BCUT2D eigenvalue weighted by atomic mass is 9.99. The molecule has 120 valence electrons. The summed E-state index contributed by atoms with van der Waals surface area (Å²) in [6.45, 7) is 2.43. The SMILES string of the molecule is CCCCn1c2c(c(=O)[nH]c1=O)C(c1ccncc1)NC(=O)N2. The second-order valence-electron chi connectivity index (χ2n) is 5.34. The fourth-order valence-electron chi connectivity index (χ4n) is 2.67. The van der Waals surface area contributed by atoms with Crippen molar-refractivity contribution in [3.8, 4) is 0 Å². The number of H-pyrrole nitrogens is 1. The van der Waals surface area contributed by atoms with Crippen LogP contribution < -0.4 is 21.9 Å². The zero-order valence-electron chi connectivity index (χ0n) is 12.6. The lowest BCUT2D eigenvalue weighted by Crippen LogP contribution is -2.46. The molecular weight excluding hydrogens is 298 g/mol. The molecule has 0 aromatic carbocycles. The van der Waals surface area contributed by atoms with Crippen LogP contribution in [0.4, 0.5) is 10.6 Å². The van der Waals surface area contributed by atoms with Crippen LogP contribution in [0.2, 0.25) is 0 Å². The van der Waals surface area contributed by atoms with E-state index >= 15 is 0 Å². The maximum atomic E-state index is 12.3. The molecule has 1 aliphatic rings. The average Bonchev–Trinajstić information content (AvgIpc) is 2.54. The molecule has 2 aromatic rings. The van der Waals surface area contributed by atoms with Crippen LogP contribution in [0.25, 0.3) is 0 Å². The van der Waals surface area contributed by atoms with E-state index in [-0.39, 0.29) is 5.82 Å². The standard InChI is InChI=1S/C15H17N5O3/c1-2-3-8-20-12-10(13(21)19-15(20)23)11(17-14(22)18-12)9-4-6-16-7-5-9/h4-7,11H,2-3,8H2,1H3,(H2,17,18,22)(H,19,21,23). The molecule has 3 rings (SSSR count). The fraction of sp³-hybridized carbons (Fsp3) is 0.333. The van der Waals surface area contributed by atoms with E-state index in [9.17, 15) is 14.4 Å². The summed E-state index contributed by atoms with van der Waals surface area (Å²) in [5.74, 6) is 0.262. The monoisotopic (exact) mass is 315 g/mol. The molecule has 0 saturated heterocycles. The predicted octanol–water partition coefficient (Wildman–Crippen LogP) is 0.956. The molecule has 23 heavy (non-hydrogen) atoms. The summed E-state index contributed by atoms with van der Waals surface area (Å²) in [5.41, 5.74) is 0.0266. The highest BCUT2D eigenvalue weighted by atomic mass is 16.2. The number of amides is 2. The summed E-state index contributed by atoms with van der Waals surface area (Å²) in [5, 5.41) is 5.32. The van der Waals surface area contributed by atoms with Crippen LogP contribution in [0.1, 0.15) is 36.9 Å². The summed E-state index contributed by atoms with van der Waals surface area (Å²) in [6, 6.07) is 2.37. The molecule has 8 nitrogen and oxygen atoms in total. The van der Waals surface area contributed by atoms with Crippen molar-refractivity contribution in [1.29, 1.82) is 0 Å². The van der Waals surface area contributed by atoms with E-state index in [0.717, 1.165) is 18.4 Å². The van der Waals surface area contributed by atoms with Crippen LogP contribution in [-0.4, -0.2) is 20.6 Å². The van der Waals surface area contributed by atoms with Crippen molar-refractivity contribution in [2.75, 3.05) is 5.32 Å².